The minimum Gasteiger partial charge on any atom is -0.481 e. The zero-order chi connectivity index (χ0) is 28.6. The van der Waals surface area contributed by atoms with Gasteiger partial charge in [-0.25, -0.2) is 0 Å². The number of aromatic amines is 1. The summed E-state index contributed by atoms with van der Waals surface area (Å²) in [6.07, 6.45) is 9.68. The number of allylic oxidation sites excluding steroid dienone is 1. The van der Waals surface area contributed by atoms with Crippen molar-refractivity contribution in [2.75, 3.05) is 0 Å². The van der Waals surface area contributed by atoms with Crippen LogP contribution in [0.2, 0.25) is 5.02 Å². The summed E-state index contributed by atoms with van der Waals surface area (Å²) in [6.45, 7) is 19.4. The minimum absolute atomic E-state index is 0.0469. The van der Waals surface area contributed by atoms with E-state index in [2.05, 4.69) is 65.2 Å². The van der Waals surface area contributed by atoms with E-state index < -0.39 is 11.4 Å². The van der Waals surface area contributed by atoms with Crippen LogP contribution in [-0.4, -0.2) is 16.1 Å². The molecule has 0 bridgehead atoms. The molecule has 7 rings (SSSR count). The normalized spacial score (nSPS) is 45.1. The first-order chi connectivity index (χ1) is 18.7. The van der Waals surface area contributed by atoms with Gasteiger partial charge in [0.1, 0.15) is 0 Å². The number of fused-ring (bicyclic) bond motifs is 10. The molecule has 4 saturated carbocycles. The van der Waals surface area contributed by atoms with Crippen molar-refractivity contribution in [3.63, 3.8) is 0 Å². The van der Waals surface area contributed by atoms with E-state index in [0.717, 1.165) is 49.1 Å². The number of carboxylic acid groups (broad SMARTS) is 1. The Labute approximate surface area is 245 Å². The van der Waals surface area contributed by atoms with Crippen LogP contribution in [0.15, 0.2) is 30.4 Å². The highest BCUT2D eigenvalue weighted by Crippen LogP contribution is 2.77. The molecular weight excluding hydrogens is 514 g/mol. The highest BCUT2D eigenvalue weighted by atomic mass is 35.5. The Kier molecular flexibility index (Phi) is 5.56. The number of H-pyrrole nitrogens is 1. The molecule has 5 aliphatic carbocycles. The third-order valence-electron chi connectivity index (χ3n) is 14.7. The molecule has 5 aliphatic rings. The van der Waals surface area contributed by atoms with Gasteiger partial charge in [0.15, 0.2) is 0 Å². The molecule has 4 heteroatoms. The topological polar surface area (TPSA) is 53.1 Å². The maximum Gasteiger partial charge on any atom is 0.309 e. The van der Waals surface area contributed by atoms with Gasteiger partial charge in [0.2, 0.25) is 0 Å². The maximum absolute atomic E-state index is 13.0. The fourth-order valence-electron chi connectivity index (χ4n) is 12.8. The van der Waals surface area contributed by atoms with Crippen LogP contribution in [0.4, 0.5) is 0 Å². The minimum atomic E-state index is -0.552. The number of hydrogen-bond acceptors (Lipinski definition) is 1. The molecule has 1 aromatic heterocycles. The SMILES string of the molecule is C=C(C)[C@@H]1CC[C@]2(C(=O)O)CC[C@]3(C)[C@H](CC[C@@H]4[C@@]5(C)Cc6c([nH]c7c(Cl)cccc67)C(C)(C)[C@@H]5CC[C@]43C)[C@@H]12. The molecule has 3 nitrogen and oxygen atoms in total. The van der Waals surface area contributed by atoms with Gasteiger partial charge in [-0.05, 0) is 122 Å². The van der Waals surface area contributed by atoms with E-state index in [-0.39, 0.29) is 27.6 Å². The predicted molar refractivity (Wildman–Crippen MR) is 164 cm³/mol. The van der Waals surface area contributed by atoms with Crippen LogP contribution in [0, 0.1) is 51.2 Å². The molecule has 216 valence electrons. The van der Waals surface area contributed by atoms with Crippen LogP contribution in [0.5, 0.6) is 0 Å². The van der Waals surface area contributed by atoms with Crippen molar-refractivity contribution in [1.82, 2.24) is 4.98 Å². The summed E-state index contributed by atoms with van der Waals surface area (Å²) in [5.74, 6) is 1.73. The number of hydrogen-bond donors (Lipinski definition) is 2. The lowest BCUT2D eigenvalue weighted by Crippen LogP contribution is -2.66. The second kappa shape index (κ2) is 8.21. The summed E-state index contributed by atoms with van der Waals surface area (Å²) in [5, 5.41) is 12.8. The van der Waals surface area contributed by atoms with Crippen LogP contribution < -0.4 is 0 Å². The summed E-state index contributed by atoms with van der Waals surface area (Å²) >= 11 is 6.72. The number of nitrogens with one attached hydrogen (secondary N) is 1. The Morgan fingerprint density at radius 3 is 2.42 bits per heavy atom. The molecule has 2 aromatic rings. The summed E-state index contributed by atoms with van der Waals surface area (Å²) in [5.41, 5.74) is 5.25. The van der Waals surface area contributed by atoms with Crippen LogP contribution in [0.25, 0.3) is 10.9 Å². The van der Waals surface area contributed by atoms with Crippen LogP contribution in [0.1, 0.15) is 104 Å². The highest BCUT2D eigenvalue weighted by Gasteiger charge is 2.72. The third kappa shape index (κ3) is 3.02. The molecular formula is C36H48ClNO2. The summed E-state index contributed by atoms with van der Waals surface area (Å²) < 4.78 is 0. The van der Waals surface area contributed by atoms with Crippen LogP contribution in [0.3, 0.4) is 0 Å². The van der Waals surface area contributed by atoms with E-state index in [0.29, 0.717) is 23.7 Å². The van der Waals surface area contributed by atoms with Gasteiger partial charge >= 0.3 is 5.97 Å². The van der Waals surface area contributed by atoms with E-state index >= 15 is 0 Å². The monoisotopic (exact) mass is 561 g/mol. The fraction of sp³-hybridized carbons (Fsp3) is 0.694. The van der Waals surface area contributed by atoms with Crippen molar-refractivity contribution in [1.29, 1.82) is 0 Å². The second-order valence-electron chi connectivity index (χ2n) is 16.2. The number of para-hydroxylation sites is 1. The Hall–Kier alpha value is -1.74. The standard InChI is InChI=1S/C36H48ClNO2/c1-20(2)21-13-16-36(31(39)40)18-17-34(6)24(28(21)36)11-12-27-33(5)19-23-22-9-8-10-25(37)29(22)38-30(23)32(3,4)26(33)14-15-35(27,34)7/h8-10,21,24,26-28,38H,1,11-19H2,2-7H3,(H,39,40)/t21-,24+,26-,27+,28+,33-,34+,35+,36-/m0/s1. The number of aromatic nitrogens is 1. The van der Waals surface area contributed by atoms with Gasteiger partial charge in [0.05, 0.1) is 16.0 Å². The van der Waals surface area contributed by atoms with Crippen LogP contribution >= 0.6 is 11.6 Å². The van der Waals surface area contributed by atoms with Crippen molar-refractivity contribution in [3.05, 3.63) is 46.6 Å². The first-order valence-corrected chi connectivity index (χ1v) is 16.3. The van der Waals surface area contributed by atoms with Gasteiger partial charge in [-0.2, -0.15) is 0 Å². The van der Waals surface area contributed by atoms with Crippen molar-refractivity contribution in [3.8, 4) is 0 Å². The third-order valence-corrected chi connectivity index (χ3v) is 15.0. The van der Waals surface area contributed by atoms with Gasteiger partial charge in [-0.15, -0.1) is 0 Å². The maximum atomic E-state index is 13.0. The molecule has 0 unspecified atom stereocenters. The molecule has 0 radical (unpaired) electrons. The average Bonchev–Trinajstić information content (AvgIpc) is 3.46. The molecule has 4 fully saturated rings. The van der Waals surface area contributed by atoms with Gasteiger partial charge in [-0.3, -0.25) is 4.79 Å². The zero-order valence-corrected chi connectivity index (χ0v) is 26.2. The first-order valence-electron chi connectivity index (χ1n) is 15.9. The van der Waals surface area contributed by atoms with Crippen molar-refractivity contribution < 1.29 is 9.90 Å². The second-order valence-corrected chi connectivity index (χ2v) is 16.6. The molecule has 0 spiro atoms. The fourth-order valence-corrected chi connectivity index (χ4v) is 13.1. The summed E-state index contributed by atoms with van der Waals surface area (Å²) in [6, 6.07) is 6.38. The Bertz CT molecular complexity index is 1440. The smallest absolute Gasteiger partial charge is 0.309 e. The van der Waals surface area contributed by atoms with Gasteiger partial charge in [0, 0.05) is 16.5 Å². The van der Waals surface area contributed by atoms with E-state index in [1.54, 1.807) is 0 Å². The number of aliphatic carboxylic acids is 1. The summed E-state index contributed by atoms with van der Waals surface area (Å²) in [4.78, 5) is 16.8. The first kappa shape index (κ1) is 27.1. The van der Waals surface area contributed by atoms with Gasteiger partial charge in [-0.1, -0.05) is 70.5 Å². The van der Waals surface area contributed by atoms with Crippen molar-refractivity contribution in [2.24, 2.45) is 51.2 Å². The Morgan fingerprint density at radius 2 is 1.73 bits per heavy atom. The van der Waals surface area contributed by atoms with Crippen molar-refractivity contribution >= 4 is 28.5 Å². The molecule has 40 heavy (non-hydrogen) atoms. The van der Waals surface area contributed by atoms with Crippen LogP contribution in [-0.2, 0) is 16.6 Å². The molecule has 1 heterocycles. The number of rotatable bonds is 2. The van der Waals surface area contributed by atoms with E-state index in [9.17, 15) is 9.90 Å². The number of carbonyl (C=O) groups is 1. The molecule has 0 amide bonds. The van der Waals surface area contributed by atoms with E-state index in [4.69, 9.17) is 11.6 Å². The Balaban J connectivity index is 1.34. The lowest BCUT2D eigenvalue weighted by atomic mass is 9.32. The molecule has 9 atom stereocenters. The zero-order valence-electron chi connectivity index (χ0n) is 25.4. The number of carboxylic acids is 1. The van der Waals surface area contributed by atoms with Crippen molar-refractivity contribution in [2.45, 2.75) is 105 Å². The van der Waals surface area contributed by atoms with E-state index in [1.165, 1.54) is 41.5 Å². The quantitative estimate of drug-likeness (QED) is 0.358. The number of halogens is 1. The van der Waals surface area contributed by atoms with E-state index in [1.807, 2.05) is 6.07 Å². The molecule has 2 N–H and O–H groups in total. The van der Waals surface area contributed by atoms with Gasteiger partial charge in [0.25, 0.3) is 0 Å². The highest BCUT2D eigenvalue weighted by molar-refractivity contribution is 6.35. The average molecular weight is 562 g/mol. The molecule has 0 saturated heterocycles. The lowest BCUT2D eigenvalue weighted by molar-refractivity contribution is -0.227. The Morgan fingerprint density at radius 1 is 0.975 bits per heavy atom. The largest absolute Gasteiger partial charge is 0.481 e. The lowest BCUT2D eigenvalue weighted by Gasteiger charge is -2.72. The predicted octanol–water partition coefficient (Wildman–Crippen LogP) is 9.58. The number of benzene rings is 1. The molecule has 0 aliphatic heterocycles. The van der Waals surface area contributed by atoms with Gasteiger partial charge < -0.3 is 10.1 Å². The molecule has 1 aromatic carbocycles. The summed E-state index contributed by atoms with van der Waals surface area (Å²) in [7, 11) is 0.